The average molecular weight is 370 g/mol. The van der Waals surface area contributed by atoms with Crippen LogP contribution in [0.5, 0.6) is 5.75 Å². The number of nitrogens with one attached hydrogen (secondary N) is 1. The summed E-state index contributed by atoms with van der Waals surface area (Å²) in [5, 5.41) is 13.0. The van der Waals surface area contributed by atoms with Crippen molar-refractivity contribution >= 4 is 11.7 Å². The first-order valence-electron chi connectivity index (χ1n) is 9.11. The van der Waals surface area contributed by atoms with Gasteiger partial charge in [0.2, 0.25) is 0 Å². The van der Waals surface area contributed by atoms with Crippen LogP contribution in [0.25, 0.3) is 11.1 Å². The lowest BCUT2D eigenvalue weighted by Gasteiger charge is -2.18. The number of para-hydroxylation sites is 1. The highest BCUT2D eigenvalue weighted by Gasteiger charge is 2.35. The van der Waals surface area contributed by atoms with Gasteiger partial charge in [0.05, 0.1) is 32.4 Å². The maximum Gasteiger partial charge on any atom is 0.322 e. The number of rotatable bonds is 5. The molecular formula is C21H26N2O4. The van der Waals surface area contributed by atoms with E-state index >= 15 is 0 Å². The number of anilines is 1. The van der Waals surface area contributed by atoms with Gasteiger partial charge >= 0.3 is 6.03 Å². The van der Waals surface area contributed by atoms with E-state index in [-0.39, 0.29) is 24.8 Å². The molecule has 0 aliphatic carbocycles. The summed E-state index contributed by atoms with van der Waals surface area (Å²) in [5.74, 6) is 0.802. The number of amides is 2. The smallest absolute Gasteiger partial charge is 0.322 e. The van der Waals surface area contributed by atoms with Crippen molar-refractivity contribution in [1.82, 2.24) is 4.90 Å². The van der Waals surface area contributed by atoms with E-state index in [9.17, 15) is 9.90 Å². The molecule has 27 heavy (non-hydrogen) atoms. The van der Waals surface area contributed by atoms with Crippen LogP contribution in [0, 0.1) is 0 Å². The molecule has 0 aromatic heterocycles. The lowest BCUT2D eigenvalue weighted by atomic mass is 10.0. The number of benzene rings is 2. The van der Waals surface area contributed by atoms with Crippen molar-refractivity contribution in [2.45, 2.75) is 32.2 Å². The number of hydrogen-bond donors (Lipinski definition) is 2. The number of likely N-dealkylation sites (tertiary alicyclic amines) is 1. The Bertz CT molecular complexity index is 776. The molecule has 0 bridgehead atoms. The van der Waals surface area contributed by atoms with Crippen molar-refractivity contribution in [3.05, 3.63) is 48.5 Å². The third-order valence-corrected chi connectivity index (χ3v) is 4.53. The molecule has 1 aliphatic heterocycles. The number of carbonyl (C=O) groups is 1. The Labute approximate surface area is 159 Å². The van der Waals surface area contributed by atoms with E-state index in [1.165, 1.54) is 0 Å². The second-order valence-electron chi connectivity index (χ2n) is 6.90. The summed E-state index contributed by atoms with van der Waals surface area (Å²) in [6.45, 7) is 4.48. The molecule has 0 radical (unpaired) electrons. The Balaban J connectivity index is 1.64. The van der Waals surface area contributed by atoms with E-state index < -0.39 is 6.10 Å². The fourth-order valence-electron chi connectivity index (χ4n) is 3.22. The first kappa shape index (κ1) is 19.2. The van der Waals surface area contributed by atoms with Gasteiger partial charge in [-0.05, 0) is 37.6 Å². The number of methoxy groups -OCH3 is 1. The third-order valence-electron chi connectivity index (χ3n) is 4.53. The normalized spacial score (nSPS) is 19.4. The summed E-state index contributed by atoms with van der Waals surface area (Å²) in [7, 11) is 1.65. The molecule has 2 atom stereocenters. The molecule has 6 heteroatoms. The van der Waals surface area contributed by atoms with Crippen LogP contribution in [0.3, 0.4) is 0 Å². The van der Waals surface area contributed by atoms with Crippen LogP contribution in [0.4, 0.5) is 10.5 Å². The number of hydrogen-bond acceptors (Lipinski definition) is 4. The van der Waals surface area contributed by atoms with Crippen LogP contribution in [0.15, 0.2) is 48.5 Å². The largest absolute Gasteiger partial charge is 0.496 e. The fourth-order valence-corrected chi connectivity index (χ4v) is 3.22. The SMILES string of the molecule is COc1ccccc1-c1ccc(NC(=O)N2C[C@H](OC(C)C)[C@@H](O)C2)cc1. The van der Waals surface area contributed by atoms with Gasteiger partial charge in [-0.1, -0.05) is 30.3 Å². The number of β-amino-alcohol motifs (C(OH)–C–C–N with tert-alkyl or cyclic N) is 1. The van der Waals surface area contributed by atoms with E-state index in [2.05, 4.69) is 5.32 Å². The summed E-state index contributed by atoms with van der Waals surface area (Å²) in [6, 6.07) is 15.1. The van der Waals surface area contributed by atoms with Crippen molar-refractivity contribution in [2.24, 2.45) is 0 Å². The molecule has 144 valence electrons. The molecule has 6 nitrogen and oxygen atoms in total. The second kappa shape index (κ2) is 8.41. The summed E-state index contributed by atoms with van der Waals surface area (Å²) < 4.78 is 11.1. The van der Waals surface area contributed by atoms with Crippen LogP contribution < -0.4 is 10.1 Å². The lowest BCUT2D eigenvalue weighted by molar-refractivity contribution is -0.0393. The molecule has 0 saturated carbocycles. The molecule has 3 rings (SSSR count). The zero-order valence-corrected chi connectivity index (χ0v) is 15.9. The van der Waals surface area contributed by atoms with Gasteiger partial charge in [-0.2, -0.15) is 0 Å². The van der Waals surface area contributed by atoms with Gasteiger partial charge in [0.25, 0.3) is 0 Å². The Kier molecular flexibility index (Phi) is 5.98. The Morgan fingerprint density at radius 3 is 2.52 bits per heavy atom. The molecule has 0 spiro atoms. The lowest BCUT2D eigenvalue weighted by Crippen LogP contribution is -2.34. The predicted octanol–water partition coefficient (Wildman–Crippen LogP) is 3.36. The maximum atomic E-state index is 12.5. The van der Waals surface area contributed by atoms with Crippen molar-refractivity contribution in [1.29, 1.82) is 0 Å². The molecule has 1 saturated heterocycles. The second-order valence-corrected chi connectivity index (χ2v) is 6.90. The standard InChI is InChI=1S/C21H26N2O4/c1-14(2)27-20-13-23(12-18(20)24)21(25)22-16-10-8-15(9-11-16)17-6-4-5-7-19(17)26-3/h4-11,14,18,20,24H,12-13H2,1-3H3,(H,22,25)/t18-,20-/m0/s1. The molecule has 2 aromatic carbocycles. The van der Waals surface area contributed by atoms with Gasteiger partial charge in [0.15, 0.2) is 0 Å². The Hall–Kier alpha value is -2.57. The summed E-state index contributed by atoms with van der Waals surface area (Å²) in [6.07, 6.45) is -0.995. The van der Waals surface area contributed by atoms with Crippen LogP contribution in [-0.2, 0) is 4.74 Å². The van der Waals surface area contributed by atoms with Gasteiger partial charge in [-0.15, -0.1) is 0 Å². The summed E-state index contributed by atoms with van der Waals surface area (Å²) in [5.41, 5.74) is 2.70. The summed E-state index contributed by atoms with van der Waals surface area (Å²) >= 11 is 0. The average Bonchev–Trinajstić information content (AvgIpc) is 3.02. The van der Waals surface area contributed by atoms with Crippen LogP contribution >= 0.6 is 0 Å². The van der Waals surface area contributed by atoms with Crippen molar-refractivity contribution in [2.75, 3.05) is 25.5 Å². The zero-order chi connectivity index (χ0) is 19.4. The highest BCUT2D eigenvalue weighted by atomic mass is 16.5. The van der Waals surface area contributed by atoms with Crippen molar-refractivity contribution in [3.63, 3.8) is 0 Å². The highest BCUT2D eigenvalue weighted by Crippen LogP contribution is 2.30. The minimum Gasteiger partial charge on any atom is -0.496 e. The number of urea groups is 1. The van der Waals surface area contributed by atoms with Crippen LogP contribution in [0.1, 0.15) is 13.8 Å². The Morgan fingerprint density at radius 2 is 1.85 bits per heavy atom. The van der Waals surface area contributed by atoms with Gasteiger partial charge in [0, 0.05) is 11.3 Å². The number of aliphatic hydroxyl groups is 1. The Morgan fingerprint density at radius 1 is 1.15 bits per heavy atom. The monoisotopic (exact) mass is 370 g/mol. The molecular weight excluding hydrogens is 344 g/mol. The molecule has 2 amide bonds. The third kappa shape index (κ3) is 4.59. The molecule has 1 heterocycles. The van der Waals surface area contributed by atoms with E-state index in [1.807, 2.05) is 62.4 Å². The van der Waals surface area contributed by atoms with Gasteiger partial charge in [-0.25, -0.2) is 4.79 Å². The quantitative estimate of drug-likeness (QED) is 0.847. The van der Waals surface area contributed by atoms with E-state index in [1.54, 1.807) is 12.0 Å². The molecule has 2 aromatic rings. The van der Waals surface area contributed by atoms with Gasteiger partial charge < -0.3 is 24.8 Å². The topological polar surface area (TPSA) is 71.0 Å². The molecule has 2 N–H and O–H groups in total. The van der Waals surface area contributed by atoms with Crippen molar-refractivity contribution < 1.29 is 19.4 Å². The van der Waals surface area contributed by atoms with Gasteiger partial charge in [-0.3, -0.25) is 0 Å². The van der Waals surface area contributed by atoms with E-state index in [0.29, 0.717) is 12.2 Å². The molecule has 1 aliphatic rings. The number of ether oxygens (including phenoxy) is 2. The first-order valence-corrected chi connectivity index (χ1v) is 9.11. The first-order chi connectivity index (χ1) is 13.0. The van der Waals surface area contributed by atoms with Crippen LogP contribution in [0.2, 0.25) is 0 Å². The zero-order valence-electron chi connectivity index (χ0n) is 15.9. The minimum atomic E-state index is -0.661. The predicted molar refractivity (Wildman–Crippen MR) is 105 cm³/mol. The molecule has 1 fully saturated rings. The fraction of sp³-hybridized carbons (Fsp3) is 0.381. The number of aliphatic hydroxyl groups excluding tert-OH is 1. The minimum absolute atomic E-state index is 0.00943. The summed E-state index contributed by atoms with van der Waals surface area (Å²) in [4.78, 5) is 14.1. The number of carbonyl (C=O) groups excluding carboxylic acids is 1. The van der Waals surface area contributed by atoms with Crippen molar-refractivity contribution in [3.8, 4) is 16.9 Å². The number of nitrogens with zero attached hydrogens (tertiary/aromatic N) is 1. The van der Waals surface area contributed by atoms with E-state index in [4.69, 9.17) is 9.47 Å². The van der Waals surface area contributed by atoms with Gasteiger partial charge in [0.1, 0.15) is 11.9 Å². The molecule has 0 unspecified atom stereocenters. The van der Waals surface area contributed by atoms with Crippen LogP contribution in [-0.4, -0.2) is 54.5 Å². The van der Waals surface area contributed by atoms with E-state index in [0.717, 1.165) is 16.9 Å². The maximum absolute atomic E-state index is 12.5. The highest BCUT2D eigenvalue weighted by molar-refractivity contribution is 5.90.